The summed E-state index contributed by atoms with van der Waals surface area (Å²) in [6.45, 7) is 10.8. The van der Waals surface area contributed by atoms with Crippen molar-refractivity contribution in [2.24, 2.45) is 0 Å². The van der Waals surface area contributed by atoms with Gasteiger partial charge in [-0.05, 0) is 39.7 Å². The fraction of sp³-hybridized carbons (Fsp3) is 0.538. The molecule has 0 aliphatic rings. The monoisotopic (exact) mass is 232 g/mol. The van der Waals surface area contributed by atoms with Crippen LogP contribution in [0.1, 0.15) is 38.4 Å². The van der Waals surface area contributed by atoms with Gasteiger partial charge in [0.2, 0.25) is 0 Å². The fourth-order valence-electron chi connectivity index (χ4n) is 2.33. The first kappa shape index (κ1) is 11.9. The van der Waals surface area contributed by atoms with Gasteiger partial charge < -0.3 is 10.3 Å². The highest BCUT2D eigenvalue weighted by Crippen LogP contribution is 2.33. The van der Waals surface area contributed by atoms with Crippen LogP contribution in [0.2, 0.25) is 0 Å². The lowest BCUT2D eigenvalue weighted by atomic mass is 10.0. The van der Waals surface area contributed by atoms with Crippen molar-refractivity contribution < 1.29 is 0 Å². The predicted octanol–water partition coefficient (Wildman–Crippen LogP) is 2.78. The highest BCUT2D eigenvalue weighted by molar-refractivity contribution is 5.91. The van der Waals surface area contributed by atoms with Crippen LogP contribution < -0.4 is 5.73 Å². The molecule has 0 atom stereocenters. The van der Waals surface area contributed by atoms with Crippen LogP contribution >= 0.6 is 0 Å². The van der Waals surface area contributed by atoms with Crippen molar-refractivity contribution in [2.75, 3.05) is 5.73 Å². The Morgan fingerprint density at radius 1 is 1.29 bits per heavy atom. The summed E-state index contributed by atoms with van der Waals surface area (Å²) in [5.41, 5.74) is 9.34. The lowest BCUT2D eigenvalue weighted by Crippen LogP contribution is -2.26. The lowest BCUT2D eigenvalue weighted by Gasteiger charge is -2.27. The summed E-state index contributed by atoms with van der Waals surface area (Å²) < 4.78 is 2.27. The first-order valence-corrected chi connectivity index (χ1v) is 5.98. The Hall–Kier alpha value is -1.58. The van der Waals surface area contributed by atoms with Crippen LogP contribution in [-0.2, 0) is 5.54 Å². The smallest absolute Gasteiger partial charge is 0.146 e. The molecule has 4 nitrogen and oxygen atoms in total. The van der Waals surface area contributed by atoms with Gasteiger partial charge in [-0.3, -0.25) is 0 Å². The second-order valence-corrected chi connectivity index (χ2v) is 5.17. The number of nitrogen functional groups attached to an aromatic ring is 1. The van der Waals surface area contributed by atoms with Crippen LogP contribution in [-0.4, -0.2) is 14.5 Å². The molecule has 0 bridgehead atoms. The molecule has 2 aromatic heterocycles. The molecule has 0 aliphatic heterocycles. The molecule has 2 N–H and O–H groups in total. The topological polar surface area (TPSA) is 56.7 Å². The van der Waals surface area contributed by atoms with Crippen molar-refractivity contribution in [1.82, 2.24) is 14.5 Å². The van der Waals surface area contributed by atoms with Gasteiger partial charge in [0.25, 0.3) is 0 Å². The van der Waals surface area contributed by atoms with Crippen LogP contribution in [0.4, 0.5) is 5.82 Å². The Labute approximate surface area is 102 Å². The highest BCUT2D eigenvalue weighted by atomic mass is 15.1. The SMILES string of the molecule is CCC(C)(C)n1c(C)c(C)c2c(N)ncnc21. The summed E-state index contributed by atoms with van der Waals surface area (Å²) >= 11 is 0. The van der Waals surface area contributed by atoms with E-state index in [1.165, 1.54) is 11.3 Å². The largest absolute Gasteiger partial charge is 0.383 e. The summed E-state index contributed by atoms with van der Waals surface area (Å²) in [4.78, 5) is 8.49. The maximum atomic E-state index is 5.96. The molecule has 2 aromatic rings. The molecule has 2 heterocycles. The maximum absolute atomic E-state index is 5.96. The van der Waals surface area contributed by atoms with E-state index in [9.17, 15) is 0 Å². The highest BCUT2D eigenvalue weighted by Gasteiger charge is 2.25. The van der Waals surface area contributed by atoms with Gasteiger partial charge in [-0.15, -0.1) is 0 Å². The Balaban J connectivity index is 2.90. The molecular formula is C13H20N4. The van der Waals surface area contributed by atoms with Gasteiger partial charge in [-0.2, -0.15) is 0 Å². The van der Waals surface area contributed by atoms with Crippen molar-refractivity contribution >= 4 is 16.9 Å². The molecule has 4 heteroatoms. The molecule has 92 valence electrons. The van der Waals surface area contributed by atoms with Crippen LogP contribution in [0.3, 0.4) is 0 Å². The molecule has 0 aromatic carbocycles. The summed E-state index contributed by atoms with van der Waals surface area (Å²) in [6, 6.07) is 0. The Morgan fingerprint density at radius 3 is 2.53 bits per heavy atom. The molecule has 0 aliphatic carbocycles. The minimum absolute atomic E-state index is 0.0391. The van der Waals surface area contributed by atoms with Crippen molar-refractivity contribution in [3.8, 4) is 0 Å². The van der Waals surface area contributed by atoms with E-state index in [2.05, 4.69) is 49.2 Å². The molecule has 0 spiro atoms. The Kier molecular flexibility index (Phi) is 2.60. The zero-order valence-corrected chi connectivity index (χ0v) is 11.2. The summed E-state index contributed by atoms with van der Waals surface area (Å²) in [7, 11) is 0. The predicted molar refractivity (Wildman–Crippen MR) is 71.0 cm³/mol. The average molecular weight is 232 g/mol. The third-order valence-corrected chi connectivity index (χ3v) is 3.79. The van der Waals surface area contributed by atoms with Gasteiger partial charge in [0.15, 0.2) is 0 Å². The number of nitrogens with zero attached hydrogens (tertiary/aromatic N) is 3. The summed E-state index contributed by atoms with van der Waals surface area (Å²) in [5.74, 6) is 0.571. The third kappa shape index (κ3) is 1.59. The second-order valence-electron chi connectivity index (χ2n) is 5.17. The number of fused-ring (bicyclic) bond motifs is 1. The van der Waals surface area contributed by atoms with Gasteiger partial charge in [0.1, 0.15) is 17.8 Å². The number of anilines is 1. The molecule has 0 amide bonds. The molecule has 0 saturated heterocycles. The molecule has 2 rings (SSSR count). The molecule has 0 fully saturated rings. The molecule has 0 unspecified atom stereocenters. The minimum Gasteiger partial charge on any atom is -0.383 e. The first-order valence-electron chi connectivity index (χ1n) is 5.98. The van der Waals surface area contributed by atoms with E-state index in [-0.39, 0.29) is 5.54 Å². The lowest BCUT2D eigenvalue weighted by molar-refractivity contribution is 0.345. The van der Waals surface area contributed by atoms with E-state index < -0.39 is 0 Å². The minimum atomic E-state index is 0.0391. The van der Waals surface area contributed by atoms with E-state index in [1.807, 2.05) is 0 Å². The maximum Gasteiger partial charge on any atom is 0.146 e. The summed E-state index contributed by atoms with van der Waals surface area (Å²) in [6.07, 6.45) is 2.58. The molecular weight excluding hydrogens is 212 g/mol. The van der Waals surface area contributed by atoms with Gasteiger partial charge in [-0.25, -0.2) is 9.97 Å². The van der Waals surface area contributed by atoms with Crippen LogP contribution in [0, 0.1) is 13.8 Å². The zero-order chi connectivity index (χ0) is 12.8. The first-order chi connectivity index (χ1) is 7.90. The second kappa shape index (κ2) is 3.72. The van der Waals surface area contributed by atoms with Crippen molar-refractivity contribution in [3.05, 3.63) is 17.6 Å². The molecule has 0 radical (unpaired) electrons. The van der Waals surface area contributed by atoms with Crippen molar-refractivity contribution in [3.63, 3.8) is 0 Å². The Morgan fingerprint density at radius 2 is 1.94 bits per heavy atom. The molecule has 0 saturated carbocycles. The number of rotatable bonds is 2. The van der Waals surface area contributed by atoms with E-state index in [0.717, 1.165) is 17.5 Å². The van der Waals surface area contributed by atoms with Gasteiger partial charge in [-0.1, -0.05) is 6.92 Å². The van der Waals surface area contributed by atoms with E-state index in [0.29, 0.717) is 5.82 Å². The van der Waals surface area contributed by atoms with E-state index >= 15 is 0 Å². The van der Waals surface area contributed by atoms with Crippen LogP contribution in [0.15, 0.2) is 6.33 Å². The van der Waals surface area contributed by atoms with Crippen LogP contribution in [0.5, 0.6) is 0 Å². The number of hydrogen-bond donors (Lipinski definition) is 1. The Bertz CT molecular complexity index is 566. The normalized spacial score (nSPS) is 12.3. The number of aryl methyl sites for hydroxylation is 1. The quantitative estimate of drug-likeness (QED) is 0.866. The fourth-order valence-corrected chi connectivity index (χ4v) is 2.33. The average Bonchev–Trinajstić information content (AvgIpc) is 2.53. The summed E-state index contributed by atoms with van der Waals surface area (Å²) in [5, 5.41) is 0.992. The standard InChI is InChI=1S/C13H20N4/c1-6-13(4,5)17-9(3)8(2)10-11(14)15-7-16-12(10)17/h7H,6H2,1-5H3,(H2,14,15,16). The zero-order valence-electron chi connectivity index (χ0n) is 11.2. The van der Waals surface area contributed by atoms with Crippen LogP contribution in [0.25, 0.3) is 11.0 Å². The van der Waals surface area contributed by atoms with Gasteiger partial charge >= 0.3 is 0 Å². The number of hydrogen-bond acceptors (Lipinski definition) is 3. The van der Waals surface area contributed by atoms with Gasteiger partial charge in [0, 0.05) is 11.2 Å². The number of nitrogens with two attached hydrogens (primary N) is 1. The number of aromatic nitrogens is 3. The van der Waals surface area contributed by atoms with E-state index in [4.69, 9.17) is 5.73 Å². The van der Waals surface area contributed by atoms with Crippen molar-refractivity contribution in [1.29, 1.82) is 0 Å². The third-order valence-electron chi connectivity index (χ3n) is 3.79. The van der Waals surface area contributed by atoms with E-state index in [1.54, 1.807) is 6.33 Å². The van der Waals surface area contributed by atoms with Gasteiger partial charge in [0.05, 0.1) is 5.39 Å². The van der Waals surface area contributed by atoms with Crippen molar-refractivity contribution in [2.45, 2.75) is 46.6 Å². The molecule has 17 heavy (non-hydrogen) atoms.